The Morgan fingerprint density at radius 2 is 1.72 bits per heavy atom. The van der Waals surface area contributed by atoms with Crippen LogP contribution in [-0.4, -0.2) is 64.1 Å². The maximum atomic E-state index is 13.4. The highest BCUT2D eigenvalue weighted by atomic mass is 28.4. The van der Waals surface area contributed by atoms with Crippen molar-refractivity contribution in [3.8, 4) is 0 Å². The summed E-state index contributed by atoms with van der Waals surface area (Å²) >= 11 is 0. The summed E-state index contributed by atoms with van der Waals surface area (Å²) in [5.41, 5.74) is -1.49. The van der Waals surface area contributed by atoms with Crippen LogP contribution in [0, 0.1) is 0 Å². The lowest BCUT2D eigenvalue weighted by molar-refractivity contribution is -0.151. The van der Waals surface area contributed by atoms with Crippen molar-refractivity contribution in [2.75, 3.05) is 26.4 Å². The zero-order valence-electron chi connectivity index (χ0n) is 19.8. The molecule has 0 saturated heterocycles. The first-order chi connectivity index (χ1) is 13.5. The summed E-state index contributed by atoms with van der Waals surface area (Å²) in [5, 5.41) is -0.0289. The fraction of sp³-hybridized carbons (Fsp3) is 0.857. The lowest BCUT2D eigenvalue weighted by Gasteiger charge is -2.44. The van der Waals surface area contributed by atoms with E-state index in [1.165, 1.54) is 0 Å². The van der Waals surface area contributed by atoms with E-state index in [9.17, 15) is 4.79 Å². The van der Waals surface area contributed by atoms with Gasteiger partial charge in [-0.3, -0.25) is 0 Å². The quantitative estimate of drug-likeness (QED) is 0.403. The molecule has 0 amide bonds. The number of nitrogens with zero attached hydrogens (tertiary/aromatic N) is 2. The lowest BCUT2D eigenvalue weighted by Crippen LogP contribution is -2.62. The second-order valence-corrected chi connectivity index (χ2v) is 13.4. The highest BCUT2D eigenvalue weighted by Crippen LogP contribution is 2.41. The number of ether oxygens (including phenoxy) is 3. The molecule has 0 aromatic carbocycles. The van der Waals surface area contributed by atoms with E-state index in [4.69, 9.17) is 23.6 Å². The monoisotopic (exact) mass is 428 g/mol. The molecule has 0 radical (unpaired) electrons. The average Bonchev–Trinajstić information content (AvgIpc) is 2.62. The predicted octanol–water partition coefficient (Wildman–Crippen LogP) is 4.36. The molecular formula is C21H40N2O5Si. The molecule has 0 unspecified atom stereocenters. The molecule has 0 aromatic rings. The highest BCUT2D eigenvalue weighted by Gasteiger charge is 2.58. The molecule has 168 valence electrons. The minimum atomic E-state index is -2.23. The van der Waals surface area contributed by atoms with E-state index >= 15 is 0 Å². The van der Waals surface area contributed by atoms with Gasteiger partial charge in [0.25, 0.3) is 5.54 Å². The predicted molar refractivity (Wildman–Crippen MR) is 119 cm³/mol. The van der Waals surface area contributed by atoms with Crippen LogP contribution in [0.25, 0.3) is 0 Å². The van der Waals surface area contributed by atoms with Gasteiger partial charge in [-0.25, -0.2) is 14.8 Å². The molecule has 0 N–H and O–H groups in total. The fourth-order valence-electron chi connectivity index (χ4n) is 2.94. The van der Waals surface area contributed by atoms with Crippen LogP contribution in [0.15, 0.2) is 9.98 Å². The summed E-state index contributed by atoms with van der Waals surface area (Å²) in [6.07, 6.45) is 0.896. The Bertz CT molecular complexity index is 613. The van der Waals surface area contributed by atoms with Gasteiger partial charge < -0.3 is 18.6 Å². The van der Waals surface area contributed by atoms with Crippen molar-refractivity contribution in [2.45, 2.75) is 91.1 Å². The maximum Gasteiger partial charge on any atom is 0.346 e. The summed E-state index contributed by atoms with van der Waals surface area (Å²) in [4.78, 5) is 22.7. The molecule has 0 saturated carbocycles. The molecule has 29 heavy (non-hydrogen) atoms. The maximum absolute atomic E-state index is 13.4. The molecule has 7 nitrogen and oxygen atoms in total. The van der Waals surface area contributed by atoms with E-state index in [0.717, 1.165) is 6.42 Å². The van der Waals surface area contributed by atoms with Crippen LogP contribution < -0.4 is 0 Å². The fourth-order valence-corrected chi connectivity index (χ4v) is 4.29. The van der Waals surface area contributed by atoms with Crippen molar-refractivity contribution in [3.63, 3.8) is 0 Å². The Hall–Kier alpha value is -1.41. The molecule has 1 rings (SSSR count). The highest BCUT2D eigenvalue weighted by molar-refractivity contribution is 6.74. The van der Waals surface area contributed by atoms with Crippen molar-refractivity contribution in [1.82, 2.24) is 0 Å². The molecule has 0 fully saturated rings. The molecular weight excluding hydrogens is 388 g/mol. The largest absolute Gasteiger partial charge is 0.480 e. The third-order valence-corrected chi connectivity index (χ3v) is 9.91. The van der Waals surface area contributed by atoms with E-state index in [-0.39, 0.29) is 24.1 Å². The number of carbonyl (C=O) groups excluding carboxylic acids is 1. The first kappa shape index (κ1) is 25.6. The van der Waals surface area contributed by atoms with E-state index in [2.05, 4.69) is 45.8 Å². The summed E-state index contributed by atoms with van der Waals surface area (Å²) in [6.45, 7) is 19.7. The molecule has 0 aromatic heterocycles. The van der Waals surface area contributed by atoms with Gasteiger partial charge in [0.15, 0.2) is 8.32 Å². The number of aliphatic imine (C=N–C) groups is 2. The van der Waals surface area contributed by atoms with Gasteiger partial charge in [0, 0.05) is 0 Å². The second-order valence-electron chi connectivity index (χ2n) is 8.64. The van der Waals surface area contributed by atoms with Crippen LogP contribution in [0.4, 0.5) is 0 Å². The average molecular weight is 429 g/mol. The number of hydrogen-bond acceptors (Lipinski definition) is 7. The van der Waals surface area contributed by atoms with Gasteiger partial charge in [0.05, 0.1) is 25.9 Å². The summed E-state index contributed by atoms with van der Waals surface area (Å²) in [6, 6.07) is 0. The van der Waals surface area contributed by atoms with Crippen LogP contribution in [0.5, 0.6) is 0 Å². The third-order valence-electron chi connectivity index (χ3n) is 5.42. The minimum absolute atomic E-state index is 0.0289. The molecule has 8 heteroatoms. The van der Waals surface area contributed by atoms with Crippen molar-refractivity contribution in [3.05, 3.63) is 0 Å². The first-order valence-electron chi connectivity index (χ1n) is 10.7. The van der Waals surface area contributed by atoms with E-state index in [0.29, 0.717) is 25.5 Å². The second kappa shape index (κ2) is 10.6. The normalized spacial score (nSPS) is 21.1. The third kappa shape index (κ3) is 5.81. The molecule has 1 heterocycles. The van der Waals surface area contributed by atoms with Crippen molar-refractivity contribution < 1.29 is 23.4 Å². The number of carbonyl (C=O) groups is 1. The Morgan fingerprint density at radius 1 is 1.10 bits per heavy atom. The van der Waals surface area contributed by atoms with Crippen LogP contribution in [0.2, 0.25) is 18.1 Å². The van der Waals surface area contributed by atoms with Crippen LogP contribution in [-0.2, 0) is 23.4 Å². The minimum Gasteiger partial charge on any atom is -0.480 e. The van der Waals surface area contributed by atoms with Crippen molar-refractivity contribution >= 4 is 26.1 Å². The Balaban J connectivity index is 3.63. The number of esters is 1. The van der Waals surface area contributed by atoms with Gasteiger partial charge in [-0.05, 0) is 45.3 Å². The standard InChI is InChI=1S/C21H40N2O5Si/c1-10-14-16(28-29(8,9)20(5,6)7)21(19(24)27-13-4)18(26-12-3)22-15-17(23-21)25-11-2/h16H,10-15H2,1-9H3/t16-,21+/m1/s1. The summed E-state index contributed by atoms with van der Waals surface area (Å²) in [5.74, 6) is 0.171. The van der Waals surface area contributed by atoms with E-state index in [1.54, 1.807) is 6.92 Å². The molecule has 0 aliphatic carbocycles. The van der Waals surface area contributed by atoms with Crippen molar-refractivity contribution in [1.29, 1.82) is 0 Å². The molecule has 0 spiro atoms. The first-order valence-corrected chi connectivity index (χ1v) is 13.6. The summed E-state index contributed by atoms with van der Waals surface area (Å²) < 4.78 is 23.8. The molecule has 1 aliphatic heterocycles. The van der Waals surface area contributed by atoms with Gasteiger partial charge in [-0.2, -0.15) is 0 Å². The van der Waals surface area contributed by atoms with Crippen molar-refractivity contribution in [2.24, 2.45) is 9.98 Å². The Kier molecular flexibility index (Phi) is 9.34. The lowest BCUT2D eigenvalue weighted by atomic mass is 9.88. The molecule has 1 aliphatic rings. The Morgan fingerprint density at radius 3 is 2.21 bits per heavy atom. The van der Waals surface area contributed by atoms with Crippen LogP contribution in [0.1, 0.15) is 61.3 Å². The molecule has 2 atom stereocenters. The van der Waals surface area contributed by atoms with Crippen LogP contribution >= 0.6 is 0 Å². The van der Waals surface area contributed by atoms with E-state index in [1.807, 2.05) is 13.8 Å². The number of rotatable bonds is 9. The van der Waals surface area contributed by atoms with Gasteiger partial charge in [-0.1, -0.05) is 34.1 Å². The smallest absolute Gasteiger partial charge is 0.346 e. The van der Waals surface area contributed by atoms with Crippen LogP contribution in [0.3, 0.4) is 0 Å². The SMILES string of the molecule is CCC[C@@H](O[Si](C)(C)C(C)(C)C)[C@]1(C(=O)OCC)N=C(OCC)CN=C1OCC. The number of hydrogen-bond donors (Lipinski definition) is 0. The summed E-state index contributed by atoms with van der Waals surface area (Å²) in [7, 11) is -2.23. The zero-order valence-corrected chi connectivity index (χ0v) is 20.8. The zero-order chi connectivity index (χ0) is 22.3. The van der Waals surface area contributed by atoms with Gasteiger partial charge in [0.1, 0.15) is 6.54 Å². The topological polar surface area (TPSA) is 78.7 Å². The molecule has 0 bridgehead atoms. The Labute approximate surface area is 177 Å². The van der Waals surface area contributed by atoms with Gasteiger partial charge >= 0.3 is 5.97 Å². The van der Waals surface area contributed by atoms with E-state index < -0.39 is 25.9 Å². The van der Waals surface area contributed by atoms with Gasteiger partial charge in [0.2, 0.25) is 11.8 Å². The van der Waals surface area contributed by atoms with Gasteiger partial charge in [-0.15, -0.1) is 0 Å².